The van der Waals surface area contributed by atoms with Crippen LogP contribution in [0.4, 0.5) is 0 Å². The van der Waals surface area contributed by atoms with Crippen LogP contribution in [-0.2, 0) is 21.2 Å². The van der Waals surface area contributed by atoms with E-state index in [1.54, 1.807) is 12.1 Å². The molecule has 0 aliphatic heterocycles. The molecule has 0 heterocycles. The van der Waals surface area contributed by atoms with E-state index in [1.807, 2.05) is 6.92 Å². The highest BCUT2D eigenvalue weighted by atomic mass is 32.2. The number of aryl methyl sites for hydroxylation is 1. The van der Waals surface area contributed by atoms with Gasteiger partial charge < -0.3 is 10.2 Å². The SMILES string of the molecule is CCc1ccc(S(=O)(=O)N[C@H](CCO)C(=O)O)cc1. The van der Waals surface area contributed by atoms with Gasteiger partial charge in [-0.25, -0.2) is 8.42 Å². The molecule has 0 aliphatic rings. The van der Waals surface area contributed by atoms with Crippen molar-refractivity contribution >= 4 is 16.0 Å². The lowest BCUT2D eigenvalue weighted by Gasteiger charge is -2.13. The second-order valence-corrected chi connectivity index (χ2v) is 5.74. The molecule has 7 heteroatoms. The monoisotopic (exact) mass is 287 g/mol. The number of rotatable bonds is 7. The van der Waals surface area contributed by atoms with Crippen molar-refractivity contribution in [1.29, 1.82) is 0 Å². The Balaban J connectivity index is 2.92. The highest BCUT2D eigenvalue weighted by Gasteiger charge is 2.24. The summed E-state index contributed by atoms with van der Waals surface area (Å²) in [6.07, 6.45) is 0.609. The van der Waals surface area contributed by atoms with Gasteiger partial charge in [0.2, 0.25) is 10.0 Å². The van der Waals surface area contributed by atoms with Crippen molar-refractivity contribution in [3.05, 3.63) is 29.8 Å². The van der Waals surface area contributed by atoms with Gasteiger partial charge in [0.15, 0.2) is 0 Å². The fraction of sp³-hybridized carbons (Fsp3) is 0.417. The van der Waals surface area contributed by atoms with E-state index in [-0.39, 0.29) is 11.3 Å². The minimum atomic E-state index is -3.89. The summed E-state index contributed by atoms with van der Waals surface area (Å²) in [7, 11) is -3.89. The molecule has 0 saturated carbocycles. The molecular weight excluding hydrogens is 270 g/mol. The van der Waals surface area contributed by atoms with E-state index in [4.69, 9.17) is 10.2 Å². The molecule has 0 amide bonds. The van der Waals surface area contributed by atoms with Crippen molar-refractivity contribution in [2.45, 2.75) is 30.7 Å². The molecular formula is C12H17NO5S. The van der Waals surface area contributed by atoms with E-state index in [9.17, 15) is 13.2 Å². The molecule has 106 valence electrons. The molecule has 0 spiro atoms. The van der Waals surface area contributed by atoms with Crippen molar-refractivity contribution < 1.29 is 23.4 Å². The number of hydrogen-bond acceptors (Lipinski definition) is 4. The molecule has 19 heavy (non-hydrogen) atoms. The van der Waals surface area contributed by atoms with E-state index in [0.29, 0.717) is 0 Å². The lowest BCUT2D eigenvalue weighted by Crippen LogP contribution is -2.41. The summed E-state index contributed by atoms with van der Waals surface area (Å²) >= 11 is 0. The van der Waals surface area contributed by atoms with Crippen LogP contribution in [0.3, 0.4) is 0 Å². The minimum Gasteiger partial charge on any atom is -0.480 e. The first-order valence-electron chi connectivity index (χ1n) is 5.85. The topological polar surface area (TPSA) is 104 Å². The summed E-state index contributed by atoms with van der Waals surface area (Å²) in [5.41, 5.74) is 0.990. The normalized spacial score (nSPS) is 13.2. The Bertz CT molecular complexity index is 524. The zero-order valence-corrected chi connectivity index (χ0v) is 11.4. The van der Waals surface area contributed by atoms with Crippen molar-refractivity contribution in [3.8, 4) is 0 Å². The lowest BCUT2D eigenvalue weighted by atomic mass is 10.2. The van der Waals surface area contributed by atoms with Gasteiger partial charge in [-0.15, -0.1) is 0 Å². The number of sulfonamides is 1. The third-order valence-corrected chi connectivity index (χ3v) is 4.14. The van der Waals surface area contributed by atoms with Crippen molar-refractivity contribution in [1.82, 2.24) is 4.72 Å². The maximum Gasteiger partial charge on any atom is 0.321 e. The predicted octanol–water partition coefficient (Wildman–Crippen LogP) is 0.363. The highest BCUT2D eigenvalue weighted by Crippen LogP contribution is 2.12. The predicted molar refractivity (Wildman–Crippen MR) is 69.3 cm³/mol. The summed E-state index contributed by atoms with van der Waals surface area (Å²) in [6, 6.07) is 4.88. The summed E-state index contributed by atoms with van der Waals surface area (Å²) in [5, 5.41) is 17.6. The van der Waals surface area contributed by atoms with Gasteiger partial charge in [-0.05, 0) is 30.5 Å². The van der Waals surface area contributed by atoms with Gasteiger partial charge >= 0.3 is 5.97 Å². The van der Waals surface area contributed by atoms with Crippen LogP contribution in [0.2, 0.25) is 0 Å². The fourth-order valence-electron chi connectivity index (χ4n) is 1.52. The maximum atomic E-state index is 12.0. The lowest BCUT2D eigenvalue weighted by molar-refractivity contribution is -0.139. The van der Waals surface area contributed by atoms with Gasteiger partial charge in [0.05, 0.1) is 4.90 Å². The number of nitrogens with one attached hydrogen (secondary N) is 1. The number of carboxylic acids is 1. The van der Waals surface area contributed by atoms with Gasteiger partial charge in [0.25, 0.3) is 0 Å². The van der Waals surface area contributed by atoms with Crippen LogP contribution in [0.1, 0.15) is 18.9 Å². The van der Waals surface area contributed by atoms with Gasteiger partial charge in [0, 0.05) is 6.61 Å². The van der Waals surface area contributed by atoms with Gasteiger partial charge in [-0.3, -0.25) is 4.79 Å². The number of aliphatic carboxylic acids is 1. The zero-order valence-electron chi connectivity index (χ0n) is 10.5. The average Bonchev–Trinajstić information content (AvgIpc) is 2.38. The molecule has 3 N–H and O–H groups in total. The number of aliphatic hydroxyl groups excluding tert-OH is 1. The molecule has 6 nitrogen and oxygen atoms in total. The Kier molecular flexibility index (Phi) is 5.46. The van der Waals surface area contributed by atoms with E-state index >= 15 is 0 Å². The first-order chi connectivity index (χ1) is 8.90. The quantitative estimate of drug-likeness (QED) is 0.672. The maximum absolute atomic E-state index is 12.0. The second-order valence-electron chi connectivity index (χ2n) is 4.02. The number of hydrogen-bond donors (Lipinski definition) is 3. The Hall–Kier alpha value is -1.44. The molecule has 0 radical (unpaired) electrons. The highest BCUT2D eigenvalue weighted by molar-refractivity contribution is 7.89. The molecule has 1 aromatic carbocycles. The third-order valence-electron chi connectivity index (χ3n) is 2.66. The Morgan fingerprint density at radius 3 is 2.32 bits per heavy atom. The van der Waals surface area contributed by atoms with E-state index in [1.165, 1.54) is 12.1 Å². The van der Waals surface area contributed by atoms with Crippen LogP contribution < -0.4 is 4.72 Å². The van der Waals surface area contributed by atoms with Crippen LogP contribution in [0.5, 0.6) is 0 Å². The molecule has 1 aromatic rings. The summed E-state index contributed by atoms with van der Waals surface area (Å²) in [4.78, 5) is 10.9. The first kappa shape index (κ1) is 15.6. The number of benzene rings is 1. The number of carbonyl (C=O) groups is 1. The molecule has 1 atom stereocenters. The largest absolute Gasteiger partial charge is 0.480 e. The molecule has 0 fully saturated rings. The minimum absolute atomic E-state index is 0.00823. The van der Waals surface area contributed by atoms with E-state index in [2.05, 4.69) is 4.72 Å². The first-order valence-corrected chi connectivity index (χ1v) is 7.34. The third kappa shape index (κ3) is 4.30. The van der Waals surface area contributed by atoms with Gasteiger partial charge in [-0.1, -0.05) is 19.1 Å². The number of aliphatic hydroxyl groups is 1. The molecule has 1 rings (SSSR count). The summed E-state index contributed by atoms with van der Waals surface area (Å²) < 4.78 is 26.0. The Morgan fingerprint density at radius 2 is 1.89 bits per heavy atom. The van der Waals surface area contributed by atoms with Gasteiger partial charge in [0.1, 0.15) is 6.04 Å². The Labute approximate surface area is 112 Å². The number of carboxylic acid groups (broad SMARTS) is 1. The van der Waals surface area contributed by atoms with Crippen LogP contribution in [0.25, 0.3) is 0 Å². The van der Waals surface area contributed by atoms with Crippen molar-refractivity contribution in [2.24, 2.45) is 0 Å². The molecule has 0 bridgehead atoms. The fourth-order valence-corrected chi connectivity index (χ4v) is 2.75. The molecule has 0 saturated heterocycles. The van der Waals surface area contributed by atoms with E-state index < -0.39 is 28.6 Å². The molecule has 0 unspecified atom stereocenters. The molecule has 0 aromatic heterocycles. The molecule has 0 aliphatic carbocycles. The van der Waals surface area contributed by atoms with Crippen LogP contribution in [-0.4, -0.2) is 37.2 Å². The van der Waals surface area contributed by atoms with Crippen LogP contribution >= 0.6 is 0 Å². The van der Waals surface area contributed by atoms with Crippen molar-refractivity contribution in [2.75, 3.05) is 6.61 Å². The zero-order chi connectivity index (χ0) is 14.5. The average molecular weight is 287 g/mol. The van der Waals surface area contributed by atoms with Crippen molar-refractivity contribution in [3.63, 3.8) is 0 Å². The Morgan fingerprint density at radius 1 is 1.32 bits per heavy atom. The van der Waals surface area contributed by atoms with Crippen LogP contribution in [0.15, 0.2) is 29.2 Å². The standard InChI is InChI=1S/C12H17NO5S/c1-2-9-3-5-10(6-4-9)19(17,18)13-11(7-8-14)12(15)16/h3-6,11,13-14H,2,7-8H2,1H3,(H,15,16)/t11-/m1/s1. The summed E-state index contributed by atoms with van der Waals surface area (Å²) in [6.45, 7) is 1.54. The van der Waals surface area contributed by atoms with Gasteiger partial charge in [-0.2, -0.15) is 4.72 Å². The van der Waals surface area contributed by atoms with Crippen LogP contribution in [0, 0.1) is 0 Å². The summed E-state index contributed by atoms with van der Waals surface area (Å²) in [5.74, 6) is -1.32. The van der Waals surface area contributed by atoms with E-state index in [0.717, 1.165) is 12.0 Å². The second kappa shape index (κ2) is 6.65. The smallest absolute Gasteiger partial charge is 0.321 e.